The molecule has 36 heavy (non-hydrogen) atoms. The first-order valence-corrected chi connectivity index (χ1v) is 12.7. The van der Waals surface area contributed by atoms with Gasteiger partial charge in [0.05, 0.1) is 19.8 Å². The molecule has 2 aromatic carbocycles. The quantitative estimate of drug-likeness (QED) is 0.396. The standard InChI is InChI=1S/C19H26O5.C9H8O3/c1-2-21-18-13-15-14(7-8-16(15)20)12-17(18)22-10-5-11-24-19-6-3-4-9-23-19;10-7-2-1-5-3-8(11)9(12)4-6(5)7/h12-13,19H,2-11H2,1H3;3-4,11-12H,1-2H2. The number of aromatic hydroxyl groups is 2. The highest BCUT2D eigenvalue weighted by Crippen LogP contribution is 2.35. The molecule has 0 bridgehead atoms. The minimum absolute atomic E-state index is 0.0419. The third-order valence-electron chi connectivity index (χ3n) is 6.50. The van der Waals surface area contributed by atoms with Gasteiger partial charge in [0.25, 0.3) is 0 Å². The number of fused-ring (bicyclic) bond motifs is 2. The summed E-state index contributed by atoms with van der Waals surface area (Å²) in [6.07, 6.45) is 6.55. The van der Waals surface area contributed by atoms with Crippen molar-refractivity contribution in [3.8, 4) is 23.0 Å². The molecule has 1 atom stereocenters. The van der Waals surface area contributed by atoms with Crippen LogP contribution in [0.1, 0.15) is 77.3 Å². The van der Waals surface area contributed by atoms with Gasteiger partial charge in [0.15, 0.2) is 40.9 Å². The van der Waals surface area contributed by atoms with Crippen molar-refractivity contribution in [1.29, 1.82) is 0 Å². The molecule has 0 radical (unpaired) electrons. The van der Waals surface area contributed by atoms with Crippen LogP contribution in [0.5, 0.6) is 23.0 Å². The first-order valence-electron chi connectivity index (χ1n) is 12.7. The molecule has 0 saturated carbocycles. The lowest BCUT2D eigenvalue weighted by molar-refractivity contribution is -0.163. The van der Waals surface area contributed by atoms with Crippen molar-refractivity contribution in [2.45, 2.75) is 64.6 Å². The van der Waals surface area contributed by atoms with Crippen LogP contribution in [0, 0.1) is 0 Å². The van der Waals surface area contributed by atoms with Gasteiger partial charge in [-0.15, -0.1) is 0 Å². The van der Waals surface area contributed by atoms with Gasteiger partial charge in [0, 0.05) is 37.0 Å². The predicted octanol–water partition coefficient (Wildman–Crippen LogP) is 4.75. The molecule has 2 aliphatic carbocycles. The predicted molar refractivity (Wildman–Crippen MR) is 132 cm³/mol. The number of carbonyl (C=O) groups is 2. The van der Waals surface area contributed by atoms with Crippen LogP contribution in [-0.2, 0) is 22.3 Å². The van der Waals surface area contributed by atoms with Gasteiger partial charge in [-0.1, -0.05) is 0 Å². The van der Waals surface area contributed by atoms with Crippen LogP contribution in [0.3, 0.4) is 0 Å². The molecule has 1 heterocycles. The number of benzene rings is 2. The molecule has 194 valence electrons. The van der Waals surface area contributed by atoms with E-state index in [9.17, 15) is 9.59 Å². The van der Waals surface area contributed by atoms with E-state index in [1.165, 1.54) is 18.6 Å². The Morgan fingerprint density at radius 2 is 1.50 bits per heavy atom. The number of ether oxygens (including phenoxy) is 4. The number of carbonyl (C=O) groups excluding carboxylic acids is 2. The Bertz CT molecular complexity index is 1090. The maximum Gasteiger partial charge on any atom is 0.163 e. The molecule has 2 aromatic rings. The van der Waals surface area contributed by atoms with Crippen molar-refractivity contribution >= 4 is 11.6 Å². The summed E-state index contributed by atoms with van der Waals surface area (Å²) in [6.45, 7) is 4.45. The highest BCUT2D eigenvalue weighted by Gasteiger charge is 2.23. The second kappa shape index (κ2) is 12.2. The first-order chi connectivity index (χ1) is 17.5. The third kappa shape index (κ3) is 6.36. The smallest absolute Gasteiger partial charge is 0.163 e. The monoisotopic (exact) mass is 498 g/mol. The molecule has 0 amide bonds. The van der Waals surface area contributed by atoms with E-state index >= 15 is 0 Å². The Balaban J connectivity index is 0.000000211. The van der Waals surface area contributed by atoms with Crippen molar-refractivity contribution in [3.05, 3.63) is 46.5 Å². The van der Waals surface area contributed by atoms with Gasteiger partial charge in [-0.25, -0.2) is 0 Å². The SMILES string of the molecule is CCOc1cc2c(cc1OCCCOC1CCCCO1)CCC2=O.O=C1CCc2cc(O)c(O)cc21. The summed E-state index contributed by atoms with van der Waals surface area (Å²) in [6, 6.07) is 6.57. The molecule has 8 nitrogen and oxygen atoms in total. The minimum atomic E-state index is -0.219. The summed E-state index contributed by atoms with van der Waals surface area (Å²) < 4.78 is 22.8. The van der Waals surface area contributed by atoms with Crippen LogP contribution in [0.25, 0.3) is 0 Å². The lowest BCUT2D eigenvalue weighted by Crippen LogP contribution is -2.23. The van der Waals surface area contributed by atoms with Crippen LogP contribution in [0.4, 0.5) is 0 Å². The van der Waals surface area contributed by atoms with Crippen molar-refractivity contribution in [2.24, 2.45) is 0 Å². The van der Waals surface area contributed by atoms with E-state index in [4.69, 9.17) is 29.2 Å². The summed E-state index contributed by atoms with van der Waals surface area (Å²) in [5.74, 6) is 1.24. The Kier molecular flexibility index (Phi) is 8.83. The molecule has 1 fully saturated rings. The van der Waals surface area contributed by atoms with Crippen molar-refractivity contribution in [2.75, 3.05) is 26.4 Å². The largest absolute Gasteiger partial charge is 0.504 e. The fourth-order valence-electron chi connectivity index (χ4n) is 4.60. The Morgan fingerprint density at radius 3 is 2.19 bits per heavy atom. The summed E-state index contributed by atoms with van der Waals surface area (Å²) in [7, 11) is 0. The van der Waals surface area contributed by atoms with E-state index in [0.29, 0.717) is 50.4 Å². The van der Waals surface area contributed by atoms with Gasteiger partial charge < -0.3 is 29.2 Å². The number of phenolic OH excluding ortho intramolecular Hbond substituents is 2. The van der Waals surface area contributed by atoms with Gasteiger partial charge in [-0.05, 0) is 74.4 Å². The Morgan fingerprint density at radius 1 is 0.833 bits per heavy atom. The van der Waals surface area contributed by atoms with Crippen LogP contribution >= 0.6 is 0 Å². The molecule has 3 aliphatic rings. The number of ketones is 2. The lowest BCUT2D eigenvalue weighted by atomic mass is 10.1. The van der Waals surface area contributed by atoms with Crippen LogP contribution < -0.4 is 9.47 Å². The summed E-state index contributed by atoms with van der Waals surface area (Å²) >= 11 is 0. The first kappa shape index (κ1) is 26.0. The normalized spacial score (nSPS) is 18.3. The molecule has 1 aliphatic heterocycles. The molecule has 2 N–H and O–H groups in total. The summed E-state index contributed by atoms with van der Waals surface area (Å²) in [5, 5.41) is 18.2. The molecule has 8 heteroatoms. The average Bonchev–Trinajstić information content (AvgIpc) is 3.42. The molecule has 5 rings (SSSR count). The van der Waals surface area contributed by atoms with E-state index < -0.39 is 0 Å². The molecular weight excluding hydrogens is 464 g/mol. The zero-order valence-electron chi connectivity index (χ0n) is 20.7. The maximum atomic E-state index is 11.9. The van der Waals surface area contributed by atoms with Crippen LogP contribution in [-0.4, -0.2) is 54.5 Å². The molecule has 1 unspecified atom stereocenters. The Labute approximate surface area is 211 Å². The average molecular weight is 499 g/mol. The van der Waals surface area contributed by atoms with Gasteiger partial charge in [-0.2, -0.15) is 0 Å². The fraction of sp³-hybridized carbons (Fsp3) is 0.500. The number of hydrogen-bond donors (Lipinski definition) is 2. The second-order valence-electron chi connectivity index (χ2n) is 9.10. The van der Waals surface area contributed by atoms with E-state index in [-0.39, 0.29) is 29.4 Å². The summed E-state index contributed by atoms with van der Waals surface area (Å²) in [4.78, 5) is 23.0. The van der Waals surface area contributed by atoms with E-state index in [1.54, 1.807) is 0 Å². The zero-order valence-corrected chi connectivity index (χ0v) is 20.7. The van der Waals surface area contributed by atoms with Gasteiger partial charge in [0.2, 0.25) is 0 Å². The summed E-state index contributed by atoms with van der Waals surface area (Å²) in [5.41, 5.74) is 3.22. The number of rotatable bonds is 8. The maximum absolute atomic E-state index is 11.9. The minimum Gasteiger partial charge on any atom is -0.504 e. The van der Waals surface area contributed by atoms with Gasteiger partial charge in [0.1, 0.15) is 0 Å². The highest BCUT2D eigenvalue weighted by atomic mass is 16.7. The number of hydrogen-bond acceptors (Lipinski definition) is 8. The molecule has 1 saturated heterocycles. The second-order valence-corrected chi connectivity index (χ2v) is 9.10. The Hall–Kier alpha value is -3.10. The van der Waals surface area contributed by atoms with Crippen LogP contribution in [0.15, 0.2) is 24.3 Å². The van der Waals surface area contributed by atoms with Gasteiger partial charge in [-0.3, -0.25) is 9.59 Å². The lowest BCUT2D eigenvalue weighted by Gasteiger charge is -2.22. The van der Waals surface area contributed by atoms with Crippen LogP contribution in [0.2, 0.25) is 0 Å². The van der Waals surface area contributed by atoms with Crippen molar-refractivity contribution in [3.63, 3.8) is 0 Å². The van der Waals surface area contributed by atoms with Crippen molar-refractivity contribution in [1.82, 2.24) is 0 Å². The van der Waals surface area contributed by atoms with Crippen molar-refractivity contribution < 1.29 is 38.7 Å². The number of Topliss-reactive ketones (excluding diaryl/α,β-unsaturated/α-hetero) is 2. The fourth-order valence-corrected chi connectivity index (χ4v) is 4.60. The molecule has 0 aromatic heterocycles. The molecular formula is C28H34O8. The van der Waals surface area contributed by atoms with Gasteiger partial charge >= 0.3 is 0 Å². The highest BCUT2D eigenvalue weighted by molar-refractivity contribution is 6.01. The number of aryl methyl sites for hydroxylation is 2. The van der Waals surface area contributed by atoms with E-state index in [0.717, 1.165) is 54.7 Å². The topological polar surface area (TPSA) is 112 Å². The molecule has 0 spiro atoms. The van der Waals surface area contributed by atoms with E-state index in [1.807, 2.05) is 19.1 Å². The zero-order chi connectivity index (χ0) is 25.5. The van der Waals surface area contributed by atoms with E-state index in [2.05, 4.69) is 0 Å². The number of phenols is 2. The third-order valence-corrected chi connectivity index (χ3v) is 6.50.